The number of imidazole rings is 1. The molecule has 0 N–H and O–H groups in total. The quantitative estimate of drug-likeness (QED) is 0.847. The minimum Gasteiger partial charge on any atom is -0.496 e. The van der Waals surface area contributed by atoms with E-state index < -0.39 is 0 Å². The molecule has 0 aliphatic heterocycles. The SMILES string of the molecule is COc1c(C)cc(C(C#N)c2nccn2C)cc1C. The van der Waals surface area contributed by atoms with Gasteiger partial charge >= 0.3 is 0 Å². The third kappa shape index (κ3) is 2.32. The van der Waals surface area contributed by atoms with Crippen molar-refractivity contribution in [3.05, 3.63) is 47.0 Å². The van der Waals surface area contributed by atoms with Crippen molar-refractivity contribution < 1.29 is 4.74 Å². The van der Waals surface area contributed by atoms with E-state index in [0.717, 1.165) is 28.3 Å². The Kier molecular flexibility index (Phi) is 3.57. The Hall–Kier alpha value is -2.28. The summed E-state index contributed by atoms with van der Waals surface area (Å²) in [5.74, 6) is 1.27. The van der Waals surface area contributed by atoms with Crippen LogP contribution in [0.1, 0.15) is 28.4 Å². The molecule has 1 aromatic heterocycles. The van der Waals surface area contributed by atoms with Crippen LogP contribution >= 0.6 is 0 Å². The molecule has 0 bridgehead atoms. The average molecular weight is 255 g/mol. The van der Waals surface area contributed by atoms with Crippen LogP contribution in [0.3, 0.4) is 0 Å². The zero-order chi connectivity index (χ0) is 14.0. The first-order valence-corrected chi connectivity index (χ1v) is 6.10. The van der Waals surface area contributed by atoms with Crippen molar-refractivity contribution in [2.24, 2.45) is 7.05 Å². The summed E-state index contributed by atoms with van der Waals surface area (Å²) in [6, 6.07) is 6.32. The van der Waals surface area contributed by atoms with Crippen molar-refractivity contribution in [1.82, 2.24) is 9.55 Å². The number of methoxy groups -OCH3 is 1. The molecule has 2 rings (SSSR count). The van der Waals surface area contributed by atoms with Gasteiger partial charge < -0.3 is 9.30 Å². The van der Waals surface area contributed by atoms with Gasteiger partial charge in [-0.05, 0) is 30.5 Å². The minimum atomic E-state index is -0.358. The van der Waals surface area contributed by atoms with Crippen molar-refractivity contribution in [3.63, 3.8) is 0 Å². The van der Waals surface area contributed by atoms with Gasteiger partial charge in [0.1, 0.15) is 17.5 Å². The topological polar surface area (TPSA) is 50.8 Å². The van der Waals surface area contributed by atoms with Gasteiger partial charge in [0, 0.05) is 19.4 Å². The van der Waals surface area contributed by atoms with Crippen molar-refractivity contribution in [1.29, 1.82) is 5.26 Å². The number of ether oxygens (including phenoxy) is 1. The van der Waals surface area contributed by atoms with Crippen LogP contribution in [-0.2, 0) is 7.05 Å². The van der Waals surface area contributed by atoms with Crippen molar-refractivity contribution in [2.75, 3.05) is 7.11 Å². The van der Waals surface area contributed by atoms with Crippen LogP contribution < -0.4 is 4.74 Å². The highest BCUT2D eigenvalue weighted by molar-refractivity contribution is 5.47. The lowest BCUT2D eigenvalue weighted by Crippen LogP contribution is -2.07. The van der Waals surface area contributed by atoms with E-state index in [0.29, 0.717) is 0 Å². The molecule has 1 atom stereocenters. The molecule has 0 radical (unpaired) electrons. The summed E-state index contributed by atoms with van der Waals surface area (Å²) in [4.78, 5) is 4.27. The fraction of sp³-hybridized carbons (Fsp3) is 0.333. The smallest absolute Gasteiger partial charge is 0.130 e. The molecule has 4 nitrogen and oxygen atoms in total. The number of nitrogens with zero attached hydrogens (tertiary/aromatic N) is 3. The standard InChI is InChI=1S/C15H17N3O/c1-10-7-12(8-11(2)14(10)19-4)13(9-16)15-17-5-6-18(15)3/h5-8,13H,1-4H3. The van der Waals surface area contributed by atoms with Crippen LogP contribution in [0.25, 0.3) is 0 Å². The zero-order valence-electron chi connectivity index (χ0n) is 11.6. The van der Waals surface area contributed by atoms with E-state index in [-0.39, 0.29) is 5.92 Å². The Morgan fingerprint density at radius 3 is 2.37 bits per heavy atom. The molecule has 2 aromatic rings. The summed E-state index contributed by atoms with van der Waals surface area (Å²) in [6.07, 6.45) is 3.56. The lowest BCUT2D eigenvalue weighted by Gasteiger charge is -2.14. The highest BCUT2D eigenvalue weighted by atomic mass is 16.5. The predicted molar refractivity (Wildman–Crippen MR) is 73.1 cm³/mol. The maximum Gasteiger partial charge on any atom is 0.130 e. The lowest BCUT2D eigenvalue weighted by atomic mass is 9.95. The molecular formula is C15H17N3O. The van der Waals surface area contributed by atoms with E-state index >= 15 is 0 Å². The average Bonchev–Trinajstić information content (AvgIpc) is 2.77. The van der Waals surface area contributed by atoms with Crippen LogP contribution in [0, 0.1) is 25.2 Å². The highest BCUT2D eigenvalue weighted by Crippen LogP contribution is 2.30. The molecule has 0 spiro atoms. The second kappa shape index (κ2) is 5.15. The minimum absolute atomic E-state index is 0.358. The van der Waals surface area contributed by atoms with Gasteiger partial charge in [-0.2, -0.15) is 5.26 Å². The predicted octanol–water partition coefficient (Wildman–Crippen LogP) is 2.70. The number of aromatic nitrogens is 2. The highest BCUT2D eigenvalue weighted by Gasteiger charge is 2.19. The molecule has 0 amide bonds. The van der Waals surface area contributed by atoms with E-state index in [1.807, 2.05) is 43.8 Å². The first-order chi connectivity index (χ1) is 9.08. The Morgan fingerprint density at radius 1 is 1.32 bits per heavy atom. The molecule has 0 aliphatic rings. The maximum atomic E-state index is 9.45. The Morgan fingerprint density at radius 2 is 1.95 bits per heavy atom. The molecule has 19 heavy (non-hydrogen) atoms. The molecule has 0 aliphatic carbocycles. The first kappa shape index (κ1) is 13.2. The first-order valence-electron chi connectivity index (χ1n) is 6.10. The molecular weight excluding hydrogens is 238 g/mol. The van der Waals surface area contributed by atoms with Gasteiger partial charge in [-0.3, -0.25) is 0 Å². The fourth-order valence-corrected chi connectivity index (χ4v) is 2.41. The van der Waals surface area contributed by atoms with Crippen molar-refractivity contribution in [3.8, 4) is 11.8 Å². The maximum absolute atomic E-state index is 9.45. The largest absolute Gasteiger partial charge is 0.496 e. The van der Waals surface area contributed by atoms with Gasteiger partial charge in [0.15, 0.2) is 0 Å². The summed E-state index contributed by atoms with van der Waals surface area (Å²) >= 11 is 0. The molecule has 1 heterocycles. The summed E-state index contributed by atoms with van der Waals surface area (Å²) in [6.45, 7) is 3.98. The van der Waals surface area contributed by atoms with Gasteiger partial charge in [-0.25, -0.2) is 4.98 Å². The van der Waals surface area contributed by atoms with E-state index in [4.69, 9.17) is 4.74 Å². The van der Waals surface area contributed by atoms with Crippen LogP contribution in [-0.4, -0.2) is 16.7 Å². The van der Waals surface area contributed by atoms with Crippen LogP contribution in [0.2, 0.25) is 0 Å². The monoisotopic (exact) mass is 255 g/mol. The number of rotatable bonds is 3. The van der Waals surface area contributed by atoms with Gasteiger partial charge in [-0.1, -0.05) is 12.1 Å². The number of hydrogen-bond donors (Lipinski definition) is 0. The summed E-state index contributed by atoms with van der Waals surface area (Å²) in [5, 5.41) is 9.45. The fourth-order valence-electron chi connectivity index (χ4n) is 2.41. The number of aryl methyl sites for hydroxylation is 3. The van der Waals surface area contributed by atoms with Gasteiger partial charge in [0.05, 0.1) is 13.2 Å². The molecule has 0 saturated carbocycles. The van der Waals surface area contributed by atoms with E-state index in [1.165, 1.54) is 0 Å². The second-order valence-corrected chi connectivity index (χ2v) is 4.65. The number of benzene rings is 1. The molecule has 1 unspecified atom stereocenters. The second-order valence-electron chi connectivity index (χ2n) is 4.65. The number of nitriles is 1. The lowest BCUT2D eigenvalue weighted by molar-refractivity contribution is 0.408. The Balaban J connectivity index is 2.52. The van der Waals surface area contributed by atoms with Gasteiger partial charge in [0.25, 0.3) is 0 Å². The van der Waals surface area contributed by atoms with Gasteiger partial charge in [-0.15, -0.1) is 0 Å². The zero-order valence-corrected chi connectivity index (χ0v) is 11.6. The van der Waals surface area contributed by atoms with Crippen LogP contribution in [0.5, 0.6) is 5.75 Å². The third-order valence-corrected chi connectivity index (χ3v) is 3.27. The molecule has 4 heteroatoms. The normalized spacial score (nSPS) is 11.9. The van der Waals surface area contributed by atoms with Crippen LogP contribution in [0.4, 0.5) is 0 Å². The summed E-state index contributed by atoms with van der Waals surface area (Å²) < 4.78 is 7.23. The van der Waals surface area contributed by atoms with Gasteiger partial charge in [0.2, 0.25) is 0 Å². The Bertz CT molecular complexity index is 614. The Labute approximate surface area is 113 Å². The van der Waals surface area contributed by atoms with Crippen molar-refractivity contribution >= 4 is 0 Å². The van der Waals surface area contributed by atoms with E-state index in [1.54, 1.807) is 13.3 Å². The molecule has 98 valence electrons. The van der Waals surface area contributed by atoms with E-state index in [2.05, 4.69) is 11.1 Å². The molecule has 1 aromatic carbocycles. The summed E-state index contributed by atoms with van der Waals surface area (Å²) in [5.41, 5.74) is 3.02. The molecule has 0 saturated heterocycles. The van der Waals surface area contributed by atoms with Crippen molar-refractivity contribution in [2.45, 2.75) is 19.8 Å². The summed E-state index contributed by atoms with van der Waals surface area (Å²) in [7, 11) is 3.56. The number of hydrogen-bond acceptors (Lipinski definition) is 3. The van der Waals surface area contributed by atoms with Crippen LogP contribution in [0.15, 0.2) is 24.5 Å². The third-order valence-electron chi connectivity index (χ3n) is 3.27. The van der Waals surface area contributed by atoms with E-state index in [9.17, 15) is 5.26 Å². The molecule has 0 fully saturated rings.